The summed E-state index contributed by atoms with van der Waals surface area (Å²) >= 11 is 0. The Hall–Kier alpha value is -2.74. The Kier molecular flexibility index (Phi) is 3.13. The van der Waals surface area contributed by atoms with Crippen molar-refractivity contribution in [3.05, 3.63) is 73.3 Å². The van der Waals surface area contributed by atoms with Gasteiger partial charge in [-0.25, -0.2) is 9.97 Å². The normalized spacial score (nSPS) is 10.4. The molecule has 3 rings (SSSR count). The minimum absolute atomic E-state index is 0.988. The molecule has 2 nitrogen and oxygen atoms in total. The first-order valence-corrected chi connectivity index (χ1v) is 6.41. The largest absolute Gasteiger partial charge is 0.244 e. The average molecular weight is 258 g/mol. The van der Waals surface area contributed by atoms with Crippen LogP contribution >= 0.6 is 0 Å². The van der Waals surface area contributed by atoms with Gasteiger partial charge in [0.1, 0.15) is 6.33 Å². The molecule has 0 N–H and O–H groups in total. The summed E-state index contributed by atoms with van der Waals surface area (Å²) in [6.07, 6.45) is 8.92. The molecule has 0 spiro atoms. The zero-order valence-electron chi connectivity index (χ0n) is 11.1. The van der Waals surface area contributed by atoms with Crippen LogP contribution in [-0.4, -0.2) is 9.97 Å². The van der Waals surface area contributed by atoms with E-state index in [1.807, 2.05) is 36.7 Å². The maximum atomic E-state index is 4.13. The lowest BCUT2D eigenvalue weighted by Gasteiger charge is -2.13. The van der Waals surface area contributed by atoms with Crippen LogP contribution < -0.4 is 0 Å². The van der Waals surface area contributed by atoms with Crippen molar-refractivity contribution in [2.24, 2.45) is 0 Å². The Balaban J connectivity index is 2.49. The molecule has 0 aliphatic heterocycles. The van der Waals surface area contributed by atoms with Crippen molar-refractivity contribution >= 4 is 22.9 Å². The molecular weight excluding hydrogens is 244 g/mol. The van der Waals surface area contributed by atoms with Gasteiger partial charge >= 0.3 is 0 Å². The van der Waals surface area contributed by atoms with E-state index >= 15 is 0 Å². The number of hydrogen-bond donors (Lipinski definition) is 0. The van der Waals surface area contributed by atoms with E-state index in [2.05, 4.69) is 41.3 Å². The van der Waals surface area contributed by atoms with Crippen LogP contribution in [0.2, 0.25) is 0 Å². The first-order chi connectivity index (χ1) is 9.85. The van der Waals surface area contributed by atoms with Crippen molar-refractivity contribution in [2.45, 2.75) is 0 Å². The fourth-order valence-corrected chi connectivity index (χ4v) is 2.51. The van der Waals surface area contributed by atoms with Crippen LogP contribution in [0, 0.1) is 0 Å². The van der Waals surface area contributed by atoms with Crippen LogP contribution in [0.5, 0.6) is 0 Å². The summed E-state index contributed by atoms with van der Waals surface area (Å²) in [6, 6.07) is 10.4. The van der Waals surface area contributed by atoms with Gasteiger partial charge in [0.15, 0.2) is 0 Å². The quantitative estimate of drug-likeness (QED) is 0.687. The summed E-state index contributed by atoms with van der Waals surface area (Å²) in [5, 5.41) is 2.34. The van der Waals surface area contributed by atoms with Crippen molar-refractivity contribution in [3.63, 3.8) is 0 Å². The highest BCUT2D eigenvalue weighted by atomic mass is 14.8. The molecule has 2 aromatic carbocycles. The van der Waals surface area contributed by atoms with E-state index in [1.54, 1.807) is 0 Å². The maximum Gasteiger partial charge on any atom is 0.115 e. The fraction of sp³-hybridized carbons (Fsp3) is 0. The van der Waals surface area contributed by atoms with Crippen LogP contribution in [0.25, 0.3) is 34.1 Å². The Labute approximate surface area is 118 Å². The van der Waals surface area contributed by atoms with Gasteiger partial charge in [-0.3, -0.25) is 0 Å². The number of hydrogen-bond acceptors (Lipinski definition) is 2. The lowest BCUT2D eigenvalue weighted by atomic mass is 9.91. The molecule has 3 aromatic rings. The molecule has 0 aliphatic rings. The van der Waals surface area contributed by atoms with Gasteiger partial charge in [0, 0.05) is 23.5 Å². The second-order valence-electron chi connectivity index (χ2n) is 4.51. The van der Waals surface area contributed by atoms with Crippen molar-refractivity contribution in [3.8, 4) is 11.1 Å². The van der Waals surface area contributed by atoms with E-state index in [0.717, 1.165) is 22.3 Å². The molecule has 0 bridgehead atoms. The number of nitrogens with zero attached hydrogens (tertiary/aromatic N) is 2. The topological polar surface area (TPSA) is 25.8 Å². The molecule has 0 aliphatic carbocycles. The summed E-state index contributed by atoms with van der Waals surface area (Å²) < 4.78 is 0. The number of aromatic nitrogens is 2. The lowest BCUT2D eigenvalue weighted by molar-refractivity contribution is 1.17. The van der Waals surface area contributed by atoms with Gasteiger partial charge in [-0.15, -0.1) is 0 Å². The van der Waals surface area contributed by atoms with E-state index in [1.165, 1.54) is 17.1 Å². The predicted molar refractivity (Wildman–Crippen MR) is 85.2 cm³/mol. The van der Waals surface area contributed by atoms with Crippen LogP contribution in [-0.2, 0) is 0 Å². The van der Waals surface area contributed by atoms with Gasteiger partial charge in [0.05, 0.1) is 0 Å². The molecule has 1 heterocycles. The molecule has 2 heteroatoms. The molecule has 96 valence electrons. The number of fused-ring (bicyclic) bond motifs is 1. The van der Waals surface area contributed by atoms with Gasteiger partial charge in [-0.05, 0) is 28.0 Å². The van der Waals surface area contributed by atoms with Gasteiger partial charge < -0.3 is 0 Å². The molecule has 0 fully saturated rings. The zero-order valence-corrected chi connectivity index (χ0v) is 11.1. The Bertz CT molecular complexity index is 789. The fourth-order valence-electron chi connectivity index (χ4n) is 2.51. The van der Waals surface area contributed by atoms with E-state index in [9.17, 15) is 0 Å². The van der Waals surface area contributed by atoms with Crippen molar-refractivity contribution < 1.29 is 0 Å². The monoisotopic (exact) mass is 258 g/mol. The Morgan fingerprint density at radius 2 is 1.70 bits per heavy atom. The molecule has 0 saturated carbocycles. The summed E-state index contributed by atoms with van der Waals surface area (Å²) in [7, 11) is 0. The average Bonchev–Trinajstić information content (AvgIpc) is 2.53. The molecule has 0 unspecified atom stereocenters. The van der Waals surface area contributed by atoms with E-state index < -0.39 is 0 Å². The van der Waals surface area contributed by atoms with Crippen molar-refractivity contribution in [1.29, 1.82) is 0 Å². The smallest absolute Gasteiger partial charge is 0.115 e. The first-order valence-electron chi connectivity index (χ1n) is 6.41. The van der Waals surface area contributed by atoms with Gasteiger partial charge in [-0.1, -0.05) is 49.6 Å². The van der Waals surface area contributed by atoms with Crippen molar-refractivity contribution in [1.82, 2.24) is 9.97 Å². The molecular formula is C18H14N2. The molecule has 0 amide bonds. The lowest BCUT2D eigenvalue weighted by Crippen LogP contribution is -1.92. The zero-order chi connectivity index (χ0) is 13.9. The highest BCUT2D eigenvalue weighted by Gasteiger charge is 2.11. The summed E-state index contributed by atoms with van der Waals surface area (Å²) in [5.74, 6) is 0. The summed E-state index contributed by atoms with van der Waals surface area (Å²) in [5.41, 5.74) is 4.22. The maximum absolute atomic E-state index is 4.13. The van der Waals surface area contributed by atoms with Crippen LogP contribution in [0.4, 0.5) is 0 Å². The standard InChI is InChI=1S/C18H14N2/c1-3-13-9-14-7-5-6-8-17(14)18(16(13)4-2)15-10-19-12-20-11-15/h3-12H,1-2H2. The van der Waals surface area contributed by atoms with Crippen molar-refractivity contribution in [2.75, 3.05) is 0 Å². The Morgan fingerprint density at radius 1 is 0.950 bits per heavy atom. The van der Waals surface area contributed by atoms with E-state index in [4.69, 9.17) is 0 Å². The second kappa shape index (κ2) is 5.10. The van der Waals surface area contributed by atoms with Crippen LogP contribution in [0.1, 0.15) is 11.1 Å². The molecule has 1 aromatic heterocycles. The third kappa shape index (κ3) is 1.91. The van der Waals surface area contributed by atoms with E-state index in [-0.39, 0.29) is 0 Å². The highest BCUT2D eigenvalue weighted by Crippen LogP contribution is 2.35. The van der Waals surface area contributed by atoms with Crippen LogP contribution in [0.15, 0.2) is 62.2 Å². The molecule has 0 saturated heterocycles. The van der Waals surface area contributed by atoms with Gasteiger partial charge in [-0.2, -0.15) is 0 Å². The minimum atomic E-state index is 0.988. The SMILES string of the molecule is C=Cc1cc2ccccc2c(-c2cncnc2)c1C=C. The highest BCUT2D eigenvalue weighted by molar-refractivity contribution is 6.02. The van der Waals surface area contributed by atoms with Gasteiger partial charge in [0.25, 0.3) is 0 Å². The second-order valence-corrected chi connectivity index (χ2v) is 4.51. The third-order valence-electron chi connectivity index (χ3n) is 3.39. The van der Waals surface area contributed by atoms with E-state index in [0.29, 0.717) is 0 Å². The molecule has 0 radical (unpaired) electrons. The van der Waals surface area contributed by atoms with Gasteiger partial charge in [0.2, 0.25) is 0 Å². The summed E-state index contributed by atoms with van der Waals surface area (Å²) in [6.45, 7) is 7.85. The first kappa shape index (κ1) is 12.3. The minimum Gasteiger partial charge on any atom is -0.244 e. The summed E-state index contributed by atoms with van der Waals surface area (Å²) in [4.78, 5) is 8.26. The van der Waals surface area contributed by atoms with Crippen LogP contribution in [0.3, 0.4) is 0 Å². The predicted octanol–water partition coefficient (Wildman–Crippen LogP) is 4.58. The number of benzene rings is 2. The molecule has 20 heavy (non-hydrogen) atoms. The molecule has 0 atom stereocenters. The Morgan fingerprint density at radius 3 is 2.40 bits per heavy atom. The number of rotatable bonds is 3. The third-order valence-corrected chi connectivity index (χ3v) is 3.39.